The van der Waals surface area contributed by atoms with Crippen molar-refractivity contribution >= 4 is 28.9 Å². The molecule has 2 aromatic carbocycles. The van der Waals surface area contributed by atoms with Crippen LogP contribution in [0.1, 0.15) is 22.4 Å². The van der Waals surface area contributed by atoms with Gasteiger partial charge in [-0.05, 0) is 42.2 Å². The average Bonchev–Trinajstić information content (AvgIpc) is 3.35. The highest BCUT2D eigenvalue weighted by molar-refractivity contribution is 5.99. The molecule has 0 spiro atoms. The van der Waals surface area contributed by atoms with Crippen LogP contribution in [0.5, 0.6) is 5.75 Å². The summed E-state index contributed by atoms with van der Waals surface area (Å²) in [7, 11) is 3.25. The number of halogens is 3. The quantitative estimate of drug-likeness (QED) is 0.373. The minimum atomic E-state index is -4.60. The molecule has 2 aliphatic heterocycles. The maximum absolute atomic E-state index is 13.8. The Balaban J connectivity index is 1.32. The van der Waals surface area contributed by atoms with E-state index in [2.05, 4.69) is 30.4 Å². The van der Waals surface area contributed by atoms with Crippen LogP contribution in [0.4, 0.5) is 36.2 Å². The molecular weight excluding hydrogens is 537 g/mol. The van der Waals surface area contributed by atoms with Gasteiger partial charge in [0.05, 0.1) is 37.1 Å². The molecule has 0 aliphatic carbocycles. The molecule has 3 aromatic rings. The van der Waals surface area contributed by atoms with Gasteiger partial charge >= 0.3 is 6.18 Å². The number of anilines is 4. The Morgan fingerprint density at radius 3 is 2.61 bits per heavy atom. The number of carbonyl (C=O) groups is 1. The predicted molar refractivity (Wildman–Crippen MR) is 150 cm³/mol. The number of alkyl halides is 3. The van der Waals surface area contributed by atoms with E-state index in [1.54, 1.807) is 26.4 Å². The number of piperazine rings is 1. The van der Waals surface area contributed by atoms with Crippen LogP contribution >= 0.6 is 0 Å². The average molecular weight is 571 g/mol. The van der Waals surface area contributed by atoms with E-state index in [-0.39, 0.29) is 30.4 Å². The highest BCUT2D eigenvalue weighted by Gasteiger charge is 2.35. The summed E-state index contributed by atoms with van der Waals surface area (Å²) in [6.07, 6.45) is -3.24. The van der Waals surface area contributed by atoms with E-state index in [1.807, 2.05) is 24.3 Å². The van der Waals surface area contributed by atoms with Crippen molar-refractivity contribution in [3.05, 3.63) is 65.0 Å². The van der Waals surface area contributed by atoms with Crippen LogP contribution < -0.4 is 20.3 Å². The minimum Gasteiger partial charge on any atom is -0.494 e. The molecule has 2 N–H and O–H groups in total. The number of nitrogens with one attached hydrogen (secondary N) is 2. The summed E-state index contributed by atoms with van der Waals surface area (Å²) in [6.45, 7) is 5.17. The predicted octanol–water partition coefficient (Wildman–Crippen LogP) is 4.30. The van der Waals surface area contributed by atoms with Gasteiger partial charge in [-0.15, -0.1) is 0 Å². The van der Waals surface area contributed by atoms with Gasteiger partial charge in [0.1, 0.15) is 5.75 Å². The third kappa shape index (κ3) is 6.71. The molecule has 218 valence electrons. The fourth-order valence-electron chi connectivity index (χ4n) is 5.26. The molecule has 0 bridgehead atoms. The van der Waals surface area contributed by atoms with Crippen LogP contribution in [0.3, 0.4) is 0 Å². The molecule has 0 atom stereocenters. The molecule has 1 amide bonds. The summed E-state index contributed by atoms with van der Waals surface area (Å²) in [4.78, 5) is 24.7. The fourth-order valence-corrected chi connectivity index (χ4v) is 5.26. The van der Waals surface area contributed by atoms with Crippen molar-refractivity contribution < 1.29 is 27.4 Å². The molecule has 1 saturated heterocycles. The Bertz CT molecular complexity index is 1390. The second kappa shape index (κ2) is 12.3. The van der Waals surface area contributed by atoms with Crippen LogP contribution in [-0.4, -0.2) is 74.3 Å². The number of hydrogen-bond acceptors (Lipinski definition) is 8. The molecule has 0 saturated carbocycles. The van der Waals surface area contributed by atoms with Crippen LogP contribution in [0.2, 0.25) is 0 Å². The van der Waals surface area contributed by atoms with E-state index in [0.717, 1.165) is 55.7 Å². The summed E-state index contributed by atoms with van der Waals surface area (Å²) in [5.41, 5.74) is 2.89. The summed E-state index contributed by atoms with van der Waals surface area (Å²) in [5, 5.41) is 5.82. The zero-order chi connectivity index (χ0) is 29.0. The number of ether oxygens (including phenoxy) is 2. The number of aryl methyl sites for hydroxylation is 2. The van der Waals surface area contributed by atoms with Gasteiger partial charge in [0.15, 0.2) is 0 Å². The normalized spacial score (nSPS) is 15.5. The monoisotopic (exact) mass is 570 g/mol. The van der Waals surface area contributed by atoms with Crippen LogP contribution in [0.25, 0.3) is 0 Å². The highest BCUT2D eigenvalue weighted by Crippen LogP contribution is 2.35. The van der Waals surface area contributed by atoms with E-state index in [9.17, 15) is 18.0 Å². The van der Waals surface area contributed by atoms with Crippen molar-refractivity contribution in [2.75, 3.05) is 69.1 Å². The van der Waals surface area contributed by atoms with Gasteiger partial charge in [0, 0.05) is 63.5 Å². The molecular formula is C29H33F3N6O3. The molecule has 2 aliphatic rings. The molecule has 5 rings (SSSR count). The maximum atomic E-state index is 13.8. The molecule has 9 nitrogen and oxygen atoms in total. The number of fused-ring (bicyclic) bond motifs is 1. The van der Waals surface area contributed by atoms with Gasteiger partial charge in [-0.3, -0.25) is 9.69 Å². The van der Waals surface area contributed by atoms with Gasteiger partial charge in [0.2, 0.25) is 11.9 Å². The molecule has 41 heavy (non-hydrogen) atoms. The molecule has 3 heterocycles. The SMILES string of the molecule is COCCN1CCN(c2ccc(Nc3ncc(C(F)(F)F)c(CCc4cccc5c4CC(=O)N5)n3)c(OC)c2)CC1. The maximum Gasteiger partial charge on any atom is 0.419 e. The number of aromatic nitrogens is 2. The molecule has 1 fully saturated rings. The highest BCUT2D eigenvalue weighted by atomic mass is 19.4. The number of amides is 1. The topological polar surface area (TPSA) is 91.9 Å². The van der Waals surface area contributed by atoms with Crippen LogP contribution in [0.15, 0.2) is 42.6 Å². The van der Waals surface area contributed by atoms with Crippen LogP contribution in [0, 0.1) is 0 Å². The molecule has 0 unspecified atom stereocenters. The number of nitrogens with zero attached hydrogens (tertiary/aromatic N) is 4. The van der Waals surface area contributed by atoms with Crippen molar-refractivity contribution in [3.63, 3.8) is 0 Å². The Morgan fingerprint density at radius 2 is 1.88 bits per heavy atom. The van der Waals surface area contributed by atoms with Crippen molar-refractivity contribution in [2.24, 2.45) is 0 Å². The van der Waals surface area contributed by atoms with Gasteiger partial charge in [0.25, 0.3) is 0 Å². The van der Waals surface area contributed by atoms with Gasteiger partial charge in [-0.1, -0.05) is 12.1 Å². The van der Waals surface area contributed by atoms with E-state index in [4.69, 9.17) is 9.47 Å². The zero-order valence-corrected chi connectivity index (χ0v) is 23.1. The number of rotatable bonds is 10. The number of hydrogen-bond donors (Lipinski definition) is 2. The van der Waals surface area contributed by atoms with Crippen molar-refractivity contribution in [1.82, 2.24) is 14.9 Å². The lowest BCUT2D eigenvalue weighted by atomic mass is 9.98. The van der Waals surface area contributed by atoms with Gasteiger partial charge < -0.3 is 25.0 Å². The lowest BCUT2D eigenvalue weighted by Crippen LogP contribution is -2.47. The van der Waals surface area contributed by atoms with Crippen molar-refractivity contribution in [2.45, 2.75) is 25.4 Å². The number of methoxy groups -OCH3 is 2. The third-order valence-electron chi connectivity index (χ3n) is 7.47. The largest absolute Gasteiger partial charge is 0.494 e. The summed E-state index contributed by atoms with van der Waals surface area (Å²) in [6, 6.07) is 11.1. The van der Waals surface area contributed by atoms with Crippen molar-refractivity contribution in [3.8, 4) is 5.75 Å². The Kier molecular flexibility index (Phi) is 8.60. The molecule has 0 radical (unpaired) electrons. The van der Waals surface area contributed by atoms with E-state index < -0.39 is 11.7 Å². The lowest BCUT2D eigenvalue weighted by molar-refractivity contribution is -0.138. The lowest BCUT2D eigenvalue weighted by Gasteiger charge is -2.36. The van der Waals surface area contributed by atoms with E-state index >= 15 is 0 Å². The summed E-state index contributed by atoms with van der Waals surface area (Å²) < 4.78 is 52.3. The summed E-state index contributed by atoms with van der Waals surface area (Å²) >= 11 is 0. The van der Waals surface area contributed by atoms with Gasteiger partial charge in [-0.25, -0.2) is 9.97 Å². The van der Waals surface area contributed by atoms with E-state index in [0.29, 0.717) is 30.2 Å². The zero-order valence-electron chi connectivity index (χ0n) is 23.1. The first kappa shape index (κ1) is 28.6. The Morgan fingerprint density at radius 1 is 1.07 bits per heavy atom. The first-order valence-corrected chi connectivity index (χ1v) is 13.5. The van der Waals surface area contributed by atoms with E-state index in [1.165, 1.54) is 0 Å². The van der Waals surface area contributed by atoms with Crippen molar-refractivity contribution in [1.29, 1.82) is 0 Å². The molecule has 12 heteroatoms. The van der Waals surface area contributed by atoms with Crippen LogP contribution in [-0.2, 0) is 35.0 Å². The molecule has 1 aromatic heterocycles. The Hall–Kier alpha value is -3.90. The second-order valence-corrected chi connectivity index (χ2v) is 10.1. The second-order valence-electron chi connectivity index (χ2n) is 10.1. The standard InChI is InChI=1S/C29H33F3N6O3/c1-40-15-14-37-10-12-38(13-11-37)20-7-9-25(26(16-20)41-2)36-28-33-18-22(29(30,31)32)24(35-28)8-6-19-4-3-5-23-21(19)17-27(39)34-23/h3-5,7,9,16,18H,6,8,10-15,17H2,1-2H3,(H,34,39)(H,33,35,36). The Labute approximate surface area is 236 Å². The minimum absolute atomic E-state index is 0.0309. The fraction of sp³-hybridized carbons (Fsp3) is 0.414. The smallest absolute Gasteiger partial charge is 0.419 e. The summed E-state index contributed by atoms with van der Waals surface area (Å²) in [5.74, 6) is 0.452. The first-order valence-electron chi connectivity index (χ1n) is 13.5. The number of benzene rings is 2. The third-order valence-corrected chi connectivity index (χ3v) is 7.47. The number of carbonyl (C=O) groups excluding carboxylic acids is 1. The van der Waals surface area contributed by atoms with Gasteiger partial charge in [-0.2, -0.15) is 13.2 Å². The first-order chi connectivity index (χ1) is 19.7.